The number of carbonyl (C=O) groups is 2. The molecule has 0 radical (unpaired) electrons. The monoisotopic (exact) mass is 279 g/mol. The first-order valence-electron chi connectivity index (χ1n) is 6.54. The van der Waals surface area contributed by atoms with E-state index in [1.807, 2.05) is 6.92 Å². The van der Waals surface area contributed by atoms with Gasteiger partial charge in [-0.25, -0.2) is 0 Å². The number of benzene rings is 1. The molecule has 1 rings (SSSR count). The highest BCUT2D eigenvalue weighted by Crippen LogP contribution is 2.16. The number of primary amides is 1. The Labute approximate surface area is 118 Å². The van der Waals surface area contributed by atoms with E-state index in [4.69, 9.17) is 16.2 Å². The van der Waals surface area contributed by atoms with E-state index >= 15 is 0 Å². The van der Waals surface area contributed by atoms with Crippen molar-refractivity contribution in [1.82, 2.24) is 0 Å². The normalized spacial score (nSPS) is 11.7. The molecule has 1 aromatic rings. The average Bonchev–Trinajstić information content (AvgIpc) is 2.37. The van der Waals surface area contributed by atoms with E-state index in [2.05, 4.69) is 5.32 Å². The molecule has 6 heteroatoms. The van der Waals surface area contributed by atoms with E-state index in [0.29, 0.717) is 17.9 Å². The van der Waals surface area contributed by atoms with Crippen molar-refractivity contribution in [2.45, 2.75) is 32.2 Å². The zero-order chi connectivity index (χ0) is 15.0. The summed E-state index contributed by atoms with van der Waals surface area (Å²) in [7, 11) is 0. The molecule has 0 aliphatic heterocycles. The maximum atomic E-state index is 11.6. The van der Waals surface area contributed by atoms with Gasteiger partial charge in [0.2, 0.25) is 5.91 Å². The molecule has 0 aliphatic rings. The second-order valence-corrected chi connectivity index (χ2v) is 4.70. The molecule has 1 unspecified atom stereocenters. The Hall–Kier alpha value is -2.08. The average molecular weight is 279 g/mol. The lowest BCUT2D eigenvalue weighted by molar-refractivity contribution is -0.120. The molecular formula is C14H21N3O3. The smallest absolute Gasteiger partial charge is 0.255 e. The zero-order valence-electron chi connectivity index (χ0n) is 11.6. The van der Waals surface area contributed by atoms with Gasteiger partial charge in [-0.2, -0.15) is 0 Å². The third kappa shape index (κ3) is 6.75. The van der Waals surface area contributed by atoms with Crippen LogP contribution in [0.2, 0.25) is 0 Å². The number of ether oxygens (including phenoxy) is 1. The zero-order valence-corrected chi connectivity index (χ0v) is 11.6. The SMILES string of the molecule is CC(N)CCCC(=O)Nc1ccc(OCC(N)=O)cc1. The number of amides is 2. The first kappa shape index (κ1) is 16.0. The Morgan fingerprint density at radius 2 is 1.95 bits per heavy atom. The van der Waals surface area contributed by atoms with Gasteiger partial charge in [-0.05, 0) is 44.0 Å². The van der Waals surface area contributed by atoms with Gasteiger partial charge in [-0.1, -0.05) is 0 Å². The first-order valence-corrected chi connectivity index (χ1v) is 6.54. The topological polar surface area (TPSA) is 107 Å². The van der Waals surface area contributed by atoms with Gasteiger partial charge >= 0.3 is 0 Å². The molecule has 0 heterocycles. The van der Waals surface area contributed by atoms with Crippen molar-refractivity contribution in [1.29, 1.82) is 0 Å². The van der Waals surface area contributed by atoms with Crippen LogP contribution in [0.3, 0.4) is 0 Å². The second-order valence-electron chi connectivity index (χ2n) is 4.70. The molecule has 110 valence electrons. The van der Waals surface area contributed by atoms with Crippen LogP contribution in [0.15, 0.2) is 24.3 Å². The largest absolute Gasteiger partial charge is 0.484 e. The minimum Gasteiger partial charge on any atom is -0.484 e. The van der Waals surface area contributed by atoms with Crippen molar-refractivity contribution in [2.24, 2.45) is 11.5 Å². The van der Waals surface area contributed by atoms with Crippen LogP contribution >= 0.6 is 0 Å². The van der Waals surface area contributed by atoms with Crippen LogP contribution in [0, 0.1) is 0 Å². The Morgan fingerprint density at radius 3 is 2.50 bits per heavy atom. The van der Waals surface area contributed by atoms with E-state index in [0.717, 1.165) is 12.8 Å². The van der Waals surface area contributed by atoms with Gasteiger partial charge in [-0.3, -0.25) is 9.59 Å². The molecule has 20 heavy (non-hydrogen) atoms. The quantitative estimate of drug-likeness (QED) is 0.660. The van der Waals surface area contributed by atoms with Crippen molar-refractivity contribution in [3.63, 3.8) is 0 Å². The fraction of sp³-hybridized carbons (Fsp3) is 0.429. The van der Waals surface area contributed by atoms with Crippen LogP contribution in [-0.4, -0.2) is 24.5 Å². The predicted octanol–water partition coefficient (Wildman–Crippen LogP) is 1.01. The molecule has 6 nitrogen and oxygen atoms in total. The van der Waals surface area contributed by atoms with Crippen LogP contribution < -0.4 is 21.5 Å². The van der Waals surface area contributed by atoms with Crippen molar-refractivity contribution >= 4 is 17.5 Å². The lowest BCUT2D eigenvalue weighted by Crippen LogP contribution is -2.20. The molecule has 0 aromatic heterocycles. The van der Waals surface area contributed by atoms with Crippen molar-refractivity contribution < 1.29 is 14.3 Å². The van der Waals surface area contributed by atoms with Crippen molar-refractivity contribution in [3.05, 3.63) is 24.3 Å². The van der Waals surface area contributed by atoms with Gasteiger partial charge in [0.1, 0.15) is 5.75 Å². The Morgan fingerprint density at radius 1 is 1.30 bits per heavy atom. The summed E-state index contributed by atoms with van der Waals surface area (Å²) in [6, 6.07) is 6.87. The molecule has 2 amide bonds. The van der Waals surface area contributed by atoms with Crippen LogP contribution in [0.1, 0.15) is 26.2 Å². The van der Waals surface area contributed by atoms with Crippen LogP contribution in [0.5, 0.6) is 5.75 Å². The molecule has 0 saturated heterocycles. The number of nitrogens with two attached hydrogens (primary N) is 2. The number of nitrogens with one attached hydrogen (secondary N) is 1. The van der Waals surface area contributed by atoms with Gasteiger partial charge in [0.05, 0.1) is 0 Å². The Balaban J connectivity index is 2.37. The Bertz CT molecular complexity index is 443. The highest BCUT2D eigenvalue weighted by Gasteiger charge is 2.04. The lowest BCUT2D eigenvalue weighted by Gasteiger charge is -2.08. The molecule has 1 aromatic carbocycles. The summed E-state index contributed by atoms with van der Waals surface area (Å²) in [5.74, 6) is -0.0493. The summed E-state index contributed by atoms with van der Waals surface area (Å²) in [5.41, 5.74) is 11.3. The highest BCUT2D eigenvalue weighted by molar-refractivity contribution is 5.90. The number of hydrogen-bond acceptors (Lipinski definition) is 4. The highest BCUT2D eigenvalue weighted by atomic mass is 16.5. The summed E-state index contributed by atoms with van der Waals surface area (Å²) in [6.07, 6.45) is 2.04. The maximum Gasteiger partial charge on any atom is 0.255 e. The molecule has 0 saturated carbocycles. The molecule has 5 N–H and O–H groups in total. The van der Waals surface area contributed by atoms with Crippen LogP contribution in [-0.2, 0) is 9.59 Å². The summed E-state index contributed by atoms with van der Waals surface area (Å²) in [5, 5.41) is 2.78. The van der Waals surface area contributed by atoms with Gasteiger partial charge in [-0.15, -0.1) is 0 Å². The molecule has 0 bridgehead atoms. The number of anilines is 1. The third-order valence-corrected chi connectivity index (χ3v) is 2.58. The van der Waals surface area contributed by atoms with E-state index in [1.165, 1.54) is 0 Å². The summed E-state index contributed by atoms with van der Waals surface area (Å²) in [6.45, 7) is 1.76. The summed E-state index contributed by atoms with van der Waals surface area (Å²) < 4.78 is 5.12. The molecule has 0 fully saturated rings. The summed E-state index contributed by atoms with van der Waals surface area (Å²) >= 11 is 0. The first-order chi connectivity index (χ1) is 9.47. The van der Waals surface area contributed by atoms with Gasteiger partial charge in [0.25, 0.3) is 5.91 Å². The number of rotatable bonds is 8. The van der Waals surface area contributed by atoms with Crippen LogP contribution in [0.4, 0.5) is 5.69 Å². The Kier molecular flexibility index (Phi) is 6.52. The van der Waals surface area contributed by atoms with E-state index < -0.39 is 5.91 Å². The number of carbonyl (C=O) groups excluding carboxylic acids is 2. The van der Waals surface area contributed by atoms with Crippen LogP contribution in [0.25, 0.3) is 0 Å². The fourth-order valence-corrected chi connectivity index (χ4v) is 1.60. The maximum absolute atomic E-state index is 11.6. The third-order valence-electron chi connectivity index (χ3n) is 2.58. The van der Waals surface area contributed by atoms with Crippen molar-refractivity contribution in [3.8, 4) is 5.75 Å². The minimum atomic E-state index is -0.531. The van der Waals surface area contributed by atoms with E-state index in [-0.39, 0.29) is 18.6 Å². The second kappa shape index (κ2) is 8.16. The van der Waals surface area contributed by atoms with Gasteiger partial charge in [0.15, 0.2) is 6.61 Å². The molecule has 0 spiro atoms. The van der Waals surface area contributed by atoms with Gasteiger partial charge < -0.3 is 21.5 Å². The minimum absolute atomic E-state index is 0.0449. The summed E-state index contributed by atoms with van der Waals surface area (Å²) in [4.78, 5) is 22.2. The van der Waals surface area contributed by atoms with Crippen molar-refractivity contribution in [2.75, 3.05) is 11.9 Å². The molecule has 0 aliphatic carbocycles. The van der Waals surface area contributed by atoms with E-state index in [9.17, 15) is 9.59 Å². The van der Waals surface area contributed by atoms with Gasteiger partial charge in [0, 0.05) is 18.2 Å². The lowest BCUT2D eigenvalue weighted by atomic mass is 10.1. The van der Waals surface area contributed by atoms with E-state index in [1.54, 1.807) is 24.3 Å². The molecular weight excluding hydrogens is 258 g/mol. The predicted molar refractivity (Wildman–Crippen MR) is 77.3 cm³/mol. The fourth-order valence-electron chi connectivity index (χ4n) is 1.60. The standard InChI is InChI=1S/C14H21N3O3/c1-10(15)3-2-4-14(19)17-11-5-7-12(8-6-11)20-9-13(16)18/h5-8,10H,2-4,9,15H2,1H3,(H2,16,18)(H,17,19). The molecule has 1 atom stereocenters. The number of hydrogen-bond donors (Lipinski definition) is 3.